The van der Waals surface area contributed by atoms with E-state index in [1.165, 1.54) is 23.1 Å². The predicted molar refractivity (Wildman–Crippen MR) is 114 cm³/mol. The van der Waals surface area contributed by atoms with Crippen LogP contribution in [0.2, 0.25) is 0 Å². The lowest BCUT2D eigenvalue weighted by Gasteiger charge is -2.14. The SMILES string of the molecule is CCOc1ccc(/C=C2/SC(=S)N(c3cccc([N+](=O)[O-])c3)C2=O)cc1Br. The van der Waals surface area contributed by atoms with Gasteiger partial charge in [-0.1, -0.05) is 36.1 Å². The summed E-state index contributed by atoms with van der Waals surface area (Å²) >= 11 is 9.92. The average molecular weight is 465 g/mol. The average Bonchev–Trinajstić information content (AvgIpc) is 2.91. The second kappa shape index (κ2) is 8.20. The van der Waals surface area contributed by atoms with E-state index in [0.717, 1.165) is 27.5 Å². The highest BCUT2D eigenvalue weighted by molar-refractivity contribution is 9.10. The Labute approximate surface area is 173 Å². The van der Waals surface area contributed by atoms with E-state index in [2.05, 4.69) is 15.9 Å². The van der Waals surface area contributed by atoms with E-state index >= 15 is 0 Å². The summed E-state index contributed by atoms with van der Waals surface area (Å²) in [5.74, 6) is 0.411. The van der Waals surface area contributed by atoms with Gasteiger partial charge in [0.15, 0.2) is 4.32 Å². The maximum atomic E-state index is 12.8. The Morgan fingerprint density at radius 2 is 2.11 bits per heavy atom. The molecular formula is C18H13BrN2O4S2. The predicted octanol–water partition coefficient (Wildman–Crippen LogP) is 5.16. The number of nitrogens with zero attached hydrogens (tertiary/aromatic N) is 2. The van der Waals surface area contributed by atoms with Gasteiger partial charge in [-0.05, 0) is 52.7 Å². The molecule has 0 spiro atoms. The zero-order valence-electron chi connectivity index (χ0n) is 14.0. The maximum absolute atomic E-state index is 12.8. The topological polar surface area (TPSA) is 72.7 Å². The fourth-order valence-electron chi connectivity index (χ4n) is 2.47. The summed E-state index contributed by atoms with van der Waals surface area (Å²) in [7, 11) is 0. The molecule has 1 amide bonds. The first-order chi connectivity index (χ1) is 12.9. The van der Waals surface area contributed by atoms with Crippen molar-refractivity contribution in [1.29, 1.82) is 0 Å². The van der Waals surface area contributed by atoms with Crippen LogP contribution in [0.1, 0.15) is 12.5 Å². The Morgan fingerprint density at radius 1 is 1.33 bits per heavy atom. The van der Waals surface area contributed by atoms with Crippen LogP contribution in [0.4, 0.5) is 11.4 Å². The Balaban J connectivity index is 1.90. The van der Waals surface area contributed by atoms with Crippen LogP contribution in [0.3, 0.4) is 0 Å². The molecule has 2 aromatic rings. The highest BCUT2D eigenvalue weighted by Crippen LogP contribution is 2.37. The molecule has 0 N–H and O–H groups in total. The highest BCUT2D eigenvalue weighted by atomic mass is 79.9. The first-order valence-corrected chi connectivity index (χ1v) is 9.87. The first-order valence-electron chi connectivity index (χ1n) is 7.85. The fourth-order valence-corrected chi connectivity index (χ4v) is 4.28. The number of anilines is 1. The molecule has 1 saturated heterocycles. The number of non-ortho nitro benzene ring substituents is 1. The van der Waals surface area contributed by atoms with Crippen molar-refractivity contribution >= 4 is 67.6 Å². The molecule has 0 aliphatic carbocycles. The van der Waals surface area contributed by atoms with Crippen LogP contribution >= 0.6 is 39.9 Å². The molecule has 1 heterocycles. The summed E-state index contributed by atoms with van der Waals surface area (Å²) in [4.78, 5) is 25.0. The molecule has 0 atom stereocenters. The van der Waals surface area contributed by atoms with Crippen LogP contribution in [0.25, 0.3) is 6.08 Å². The summed E-state index contributed by atoms with van der Waals surface area (Å²) in [5, 5.41) is 11.0. The van der Waals surface area contributed by atoms with Gasteiger partial charge in [0.2, 0.25) is 0 Å². The van der Waals surface area contributed by atoms with Gasteiger partial charge in [0, 0.05) is 12.1 Å². The van der Waals surface area contributed by atoms with Gasteiger partial charge in [-0.3, -0.25) is 19.8 Å². The number of ether oxygens (including phenoxy) is 1. The number of amides is 1. The molecule has 1 aliphatic heterocycles. The van der Waals surface area contributed by atoms with Crippen molar-refractivity contribution in [2.45, 2.75) is 6.92 Å². The van der Waals surface area contributed by atoms with Crippen LogP contribution in [0, 0.1) is 10.1 Å². The molecule has 27 heavy (non-hydrogen) atoms. The number of thiocarbonyl (C=S) groups is 1. The van der Waals surface area contributed by atoms with Gasteiger partial charge in [0.05, 0.1) is 26.6 Å². The molecular weight excluding hydrogens is 452 g/mol. The largest absolute Gasteiger partial charge is 0.493 e. The smallest absolute Gasteiger partial charge is 0.271 e. The minimum Gasteiger partial charge on any atom is -0.493 e. The second-order valence-corrected chi connectivity index (χ2v) is 7.95. The third kappa shape index (κ3) is 4.20. The lowest BCUT2D eigenvalue weighted by Crippen LogP contribution is -2.27. The van der Waals surface area contributed by atoms with Gasteiger partial charge in [-0.15, -0.1) is 0 Å². The number of hydrogen-bond donors (Lipinski definition) is 0. The lowest BCUT2D eigenvalue weighted by atomic mass is 10.2. The van der Waals surface area contributed by atoms with Crippen molar-refractivity contribution in [3.8, 4) is 5.75 Å². The summed E-state index contributed by atoms with van der Waals surface area (Å²) in [6.07, 6.45) is 1.73. The monoisotopic (exact) mass is 464 g/mol. The Hall–Kier alpha value is -2.23. The fraction of sp³-hybridized carbons (Fsp3) is 0.111. The number of carbonyl (C=O) groups excluding carboxylic acids is 1. The van der Waals surface area contributed by atoms with Crippen molar-refractivity contribution < 1.29 is 14.5 Å². The quantitative estimate of drug-likeness (QED) is 0.263. The van der Waals surface area contributed by atoms with Gasteiger partial charge in [-0.2, -0.15) is 0 Å². The molecule has 9 heteroatoms. The van der Waals surface area contributed by atoms with Crippen molar-refractivity contribution in [3.63, 3.8) is 0 Å². The van der Waals surface area contributed by atoms with E-state index in [9.17, 15) is 14.9 Å². The third-order valence-electron chi connectivity index (χ3n) is 3.65. The molecule has 2 aromatic carbocycles. The normalized spacial score (nSPS) is 15.5. The number of hydrogen-bond acceptors (Lipinski definition) is 6. The zero-order valence-corrected chi connectivity index (χ0v) is 17.3. The van der Waals surface area contributed by atoms with E-state index in [4.69, 9.17) is 17.0 Å². The number of benzene rings is 2. The minimum absolute atomic E-state index is 0.0963. The van der Waals surface area contributed by atoms with E-state index in [1.807, 2.05) is 25.1 Å². The number of carbonyl (C=O) groups is 1. The van der Waals surface area contributed by atoms with Crippen LogP contribution in [-0.4, -0.2) is 21.8 Å². The first kappa shape index (κ1) is 19.5. The molecule has 6 nitrogen and oxygen atoms in total. The lowest BCUT2D eigenvalue weighted by molar-refractivity contribution is -0.384. The van der Waals surface area contributed by atoms with Crippen molar-refractivity contribution in [2.75, 3.05) is 11.5 Å². The van der Waals surface area contributed by atoms with E-state index in [-0.39, 0.29) is 11.6 Å². The Kier molecular flexibility index (Phi) is 5.93. The molecule has 3 rings (SSSR count). The summed E-state index contributed by atoms with van der Waals surface area (Å²) in [6.45, 7) is 2.46. The number of rotatable bonds is 5. The number of thioether (sulfide) groups is 1. The molecule has 0 bridgehead atoms. The maximum Gasteiger partial charge on any atom is 0.271 e. The van der Waals surface area contributed by atoms with E-state index in [0.29, 0.717) is 21.5 Å². The number of nitro groups is 1. The molecule has 1 aliphatic rings. The third-order valence-corrected chi connectivity index (χ3v) is 5.57. The molecule has 0 radical (unpaired) electrons. The van der Waals surface area contributed by atoms with Crippen LogP contribution in [0.5, 0.6) is 5.75 Å². The summed E-state index contributed by atoms with van der Waals surface area (Å²) < 4.78 is 6.60. The van der Waals surface area contributed by atoms with Gasteiger partial charge in [-0.25, -0.2) is 0 Å². The minimum atomic E-state index is -0.506. The molecule has 0 saturated carbocycles. The van der Waals surface area contributed by atoms with Gasteiger partial charge in [0.25, 0.3) is 11.6 Å². The zero-order chi connectivity index (χ0) is 19.6. The van der Waals surface area contributed by atoms with Gasteiger partial charge in [0.1, 0.15) is 5.75 Å². The van der Waals surface area contributed by atoms with Crippen molar-refractivity contribution in [3.05, 3.63) is 67.5 Å². The molecule has 0 aromatic heterocycles. The number of nitro benzene ring substituents is 1. The van der Waals surface area contributed by atoms with Crippen LogP contribution in [-0.2, 0) is 4.79 Å². The van der Waals surface area contributed by atoms with E-state index in [1.54, 1.807) is 12.1 Å². The van der Waals surface area contributed by atoms with Crippen molar-refractivity contribution in [1.82, 2.24) is 0 Å². The standard InChI is InChI=1S/C18H13BrN2O4S2/c1-2-25-15-7-6-11(8-14(15)19)9-16-17(22)20(18(26)27-16)12-4-3-5-13(10-12)21(23)24/h3-10H,2H2,1H3/b16-9+. The molecule has 0 unspecified atom stereocenters. The summed E-state index contributed by atoms with van der Waals surface area (Å²) in [6, 6.07) is 11.4. The highest BCUT2D eigenvalue weighted by Gasteiger charge is 2.33. The Morgan fingerprint density at radius 3 is 2.78 bits per heavy atom. The van der Waals surface area contributed by atoms with Crippen LogP contribution < -0.4 is 9.64 Å². The van der Waals surface area contributed by atoms with Gasteiger partial charge < -0.3 is 4.74 Å². The second-order valence-electron chi connectivity index (χ2n) is 5.42. The van der Waals surface area contributed by atoms with E-state index < -0.39 is 4.92 Å². The summed E-state index contributed by atoms with van der Waals surface area (Å²) in [5.41, 5.74) is 1.09. The molecule has 1 fully saturated rings. The van der Waals surface area contributed by atoms with Gasteiger partial charge >= 0.3 is 0 Å². The Bertz CT molecular complexity index is 978. The molecule has 138 valence electrons. The van der Waals surface area contributed by atoms with Crippen LogP contribution in [0.15, 0.2) is 51.8 Å². The number of halogens is 1. The van der Waals surface area contributed by atoms with Crippen molar-refractivity contribution in [2.24, 2.45) is 0 Å².